The van der Waals surface area contributed by atoms with Crippen molar-refractivity contribution in [2.45, 2.75) is 43.4 Å². The Morgan fingerprint density at radius 3 is 2.07 bits per heavy atom. The predicted octanol–water partition coefficient (Wildman–Crippen LogP) is -0.936. The zero-order chi connectivity index (χ0) is 10.6. The lowest BCUT2D eigenvalue weighted by molar-refractivity contribution is -0.179. The highest BCUT2D eigenvalue weighted by atomic mass is 16.4. The van der Waals surface area contributed by atoms with E-state index in [4.69, 9.17) is 10.8 Å². The van der Waals surface area contributed by atoms with Gasteiger partial charge in [-0.1, -0.05) is 0 Å². The fourth-order valence-electron chi connectivity index (χ4n) is 2.70. The van der Waals surface area contributed by atoms with Gasteiger partial charge in [0.25, 0.3) is 0 Å². The first-order valence-corrected chi connectivity index (χ1v) is 4.79. The van der Waals surface area contributed by atoms with Crippen LogP contribution < -0.4 is 5.73 Å². The van der Waals surface area contributed by atoms with E-state index < -0.39 is 29.1 Å². The van der Waals surface area contributed by atoms with Gasteiger partial charge in [0.2, 0.25) is 0 Å². The summed E-state index contributed by atoms with van der Waals surface area (Å²) in [4.78, 5) is 11.1. The first-order chi connectivity index (χ1) is 6.41. The molecule has 0 saturated heterocycles. The Morgan fingerprint density at radius 1 is 1.21 bits per heavy atom. The van der Waals surface area contributed by atoms with E-state index in [2.05, 4.69) is 0 Å². The van der Waals surface area contributed by atoms with Crippen LogP contribution in [0.5, 0.6) is 0 Å². The Balaban J connectivity index is 2.33. The number of carboxylic acid groups (broad SMARTS) is 1. The molecule has 3 saturated carbocycles. The molecule has 5 heteroatoms. The first-order valence-electron chi connectivity index (χ1n) is 4.79. The van der Waals surface area contributed by atoms with E-state index in [9.17, 15) is 15.0 Å². The maximum absolute atomic E-state index is 11.1. The summed E-state index contributed by atoms with van der Waals surface area (Å²) in [6, 6.07) is 0. The standard InChI is InChI=1S/C9H15NO4/c10-9-2-1-8(7(13)14,3-5(9)11)4-6(9)12/h5-6,11-12H,1-4,10H2,(H,13,14). The zero-order valence-corrected chi connectivity index (χ0v) is 7.81. The van der Waals surface area contributed by atoms with E-state index in [1.54, 1.807) is 0 Å². The van der Waals surface area contributed by atoms with Gasteiger partial charge in [0, 0.05) is 0 Å². The van der Waals surface area contributed by atoms with Crippen LogP contribution in [0.15, 0.2) is 0 Å². The molecule has 3 aliphatic rings. The van der Waals surface area contributed by atoms with E-state index in [0.29, 0.717) is 12.8 Å². The molecule has 3 aliphatic carbocycles. The number of carbonyl (C=O) groups is 1. The van der Waals surface area contributed by atoms with Crippen molar-refractivity contribution in [1.82, 2.24) is 0 Å². The topological polar surface area (TPSA) is 104 Å². The molecule has 5 nitrogen and oxygen atoms in total. The summed E-state index contributed by atoms with van der Waals surface area (Å²) in [7, 11) is 0. The van der Waals surface area contributed by atoms with Crippen molar-refractivity contribution in [3.8, 4) is 0 Å². The SMILES string of the molecule is NC12CCC(C(=O)O)(CC1O)CC2O. The molecule has 5 N–H and O–H groups in total. The predicted molar refractivity (Wildman–Crippen MR) is 47.5 cm³/mol. The minimum Gasteiger partial charge on any atom is -0.481 e. The number of fused-ring (bicyclic) bond motifs is 3. The lowest BCUT2D eigenvalue weighted by Gasteiger charge is -2.55. The van der Waals surface area contributed by atoms with Gasteiger partial charge in [-0.2, -0.15) is 0 Å². The Morgan fingerprint density at radius 2 is 1.71 bits per heavy atom. The third-order valence-corrected chi connectivity index (χ3v) is 3.90. The number of hydrogen-bond donors (Lipinski definition) is 4. The zero-order valence-electron chi connectivity index (χ0n) is 7.81. The molecule has 0 radical (unpaired) electrons. The molecule has 2 bridgehead atoms. The lowest BCUT2D eigenvalue weighted by atomic mass is 9.55. The molecule has 0 heterocycles. The van der Waals surface area contributed by atoms with Crippen LogP contribution in [0.25, 0.3) is 0 Å². The molecule has 2 unspecified atom stereocenters. The smallest absolute Gasteiger partial charge is 0.309 e. The van der Waals surface area contributed by atoms with Crippen LogP contribution in [0, 0.1) is 5.41 Å². The van der Waals surface area contributed by atoms with Crippen LogP contribution in [-0.2, 0) is 4.79 Å². The van der Waals surface area contributed by atoms with Crippen molar-refractivity contribution in [2.24, 2.45) is 11.1 Å². The summed E-state index contributed by atoms with van der Waals surface area (Å²) >= 11 is 0. The van der Waals surface area contributed by atoms with Crippen LogP contribution in [0.1, 0.15) is 25.7 Å². The highest BCUT2D eigenvalue weighted by Gasteiger charge is 2.60. The van der Waals surface area contributed by atoms with Gasteiger partial charge in [-0.15, -0.1) is 0 Å². The number of nitrogens with two attached hydrogens (primary N) is 1. The number of hydrogen-bond acceptors (Lipinski definition) is 4. The van der Waals surface area contributed by atoms with Crippen molar-refractivity contribution >= 4 is 5.97 Å². The number of aliphatic carboxylic acids is 1. The monoisotopic (exact) mass is 201 g/mol. The number of aliphatic hydroxyl groups is 2. The molecule has 0 spiro atoms. The van der Waals surface area contributed by atoms with Crippen LogP contribution >= 0.6 is 0 Å². The van der Waals surface area contributed by atoms with E-state index in [1.807, 2.05) is 0 Å². The molecule has 0 aromatic heterocycles. The summed E-state index contributed by atoms with van der Waals surface area (Å²) in [5.41, 5.74) is 3.90. The highest BCUT2D eigenvalue weighted by Crippen LogP contribution is 2.51. The Hall–Kier alpha value is -0.650. The van der Waals surface area contributed by atoms with Gasteiger partial charge < -0.3 is 21.1 Å². The van der Waals surface area contributed by atoms with Crippen LogP contribution in [0.4, 0.5) is 0 Å². The molecule has 3 fully saturated rings. The fourth-order valence-corrected chi connectivity index (χ4v) is 2.70. The van der Waals surface area contributed by atoms with Gasteiger partial charge in [0.1, 0.15) is 0 Å². The van der Waals surface area contributed by atoms with E-state index in [-0.39, 0.29) is 12.8 Å². The number of rotatable bonds is 1. The van der Waals surface area contributed by atoms with Gasteiger partial charge in [-0.25, -0.2) is 0 Å². The maximum atomic E-state index is 11.1. The number of aliphatic hydroxyl groups excluding tert-OH is 2. The van der Waals surface area contributed by atoms with Crippen LogP contribution in [0.2, 0.25) is 0 Å². The summed E-state index contributed by atoms with van der Waals surface area (Å²) in [6.07, 6.45) is -0.660. The molecular weight excluding hydrogens is 186 g/mol. The quantitative estimate of drug-likeness (QED) is 0.438. The molecule has 0 aliphatic heterocycles. The largest absolute Gasteiger partial charge is 0.481 e. The van der Waals surface area contributed by atoms with Crippen molar-refractivity contribution in [2.75, 3.05) is 0 Å². The molecule has 0 aromatic rings. The molecule has 0 amide bonds. The normalized spacial score (nSPS) is 51.9. The maximum Gasteiger partial charge on any atom is 0.309 e. The molecule has 3 rings (SSSR count). The average Bonchev–Trinajstić information content (AvgIpc) is 2.09. The third kappa shape index (κ3) is 1.03. The van der Waals surface area contributed by atoms with Crippen LogP contribution in [0.3, 0.4) is 0 Å². The second-order valence-electron chi connectivity index (χ2n) is 4.64. The third-order valence-electron chi connectivity index (χ3n) is 3.90. The molecule has 80 valence electrons. The van der Waals surface area contributed by atoms with Crippen molar-refractivity contribution in [3.05, 3.63) is 0 Å². The molecular formula is C9H15NO4. The van der Waals surface area contributed by atoms with Crippen molar-refractivity contribution in [3.63, 3.8) is 0 Å². The minimum atomic E-state index is -0.989. The van der Waals surface area contributed by atoms with Gasteiger partial charge in [0.15, 0.2) is 0 Å². The first kappa shape index (κ1) is 9.89. The Bertz CT molecular complexity index is 266. The summed E-state index contributed by atoms with van der Waals surface area (Å²) < 4.78 is 0. The Labute approximate surface area is 81.5 Å². The lowest BCUT2D eigenvalue weighted by Crippen LogP contribution is -2.70. The van der Waals surface area contributed by atoms with Gasteiger partial charge >= 0.3 is 5.97 Å². The second-order valence-corrected chi connectivity index (χ2v) is 4.64. The van der Waals surface area contributed by atoms with E-state index in [0.717, 1.165) is 0 Å². The van der Waals surface area contributed by atoms with Crippen LogP contribution in [-0.4, -0.2) is 39.0 Å². The van der Waals surface area contributed by atoms with Gasteiger partial charge in [0.05, 0.1) is 23.2 Å². The summed E-state index contributed by atoms with van der Waals surface area (Å²) in [6.45, 7) is 0. The highest BCUT2D eigenvalue weighted by molar-refractivity contribution is 5.75. The molecule has 14 heavy (non-hydrogen) atoms. The van der Waals surface area contributed by atoms with Crippen molar-refractivity contribution < 1.29 is 20.1 Å². The minimum absolute atomic E-state index is 0.163. The van der Waals surface area contributed by atoms with E-state index >= 15 is 0 Å². The second kappa shape index (κ2) is 2.68. The number of carboxylic acids is 1. The van der Waals surface area contributed by atoms with Gasteiger partial charge in [-0.3, -0.25) is 4.79 Å². The molecule has 0 aromatic carbocycles. The average molecular weight is 201 g/mol. The summed E-state index contributed by atoms with van der Waals surface area (Å²) in [5.74, 6) is -0.933. The van der Waals surface area contributed by atoms with E-state index in [1.165, 1.54) is 0 Å². The summed E-state index contributed by atoms with van der Waals surface area (Å²) in [5, 5.41) is 28.5. The Kier molecular flexibility index (Phi) is 1.90. The van der Waals surface area contributed by atoms with Crippen molar-refractivity contribution in [1.29, 1.82) is 0 Å². The van der Waals surface area contributed by atoms with Gasteiger partial charge in [-0.05, 0) is 25.7 Å². The fraction of sp³-hybridized carbons (Fsp3) is 0.889. The molecule has 2 atom stereocenters.